The predicted molar refractivity (Wildman–Crippen MR) is 80.7 cm³/mol. The smallest absolute Gasteiger partial charge is 0.410 e. The van der Waals surface area contributed by atoms with Crippen molar-refractivity contribution in [1.29, 1.82) is 0 Å². The maximum atomic E-state index is 12.1. The fraction of sp³-hybridized carbons (Fsp3) is 0.562. The second kappa shape index (κ2) is 5.66. The topological polar surface area (TPSA) is 75.8 Å². The van der Waals surface area contributed by atoms with Gasteiger partial charge in [0.1, 0.15) is 11.2 Å². The van der Waals surface area contributed by atoms with E-state index < -0.39 is 11.2 Å². The summed E-state index contributed by atoms with van der Waals surface area (Å²) in [6.45, 7) is 6.72. The highest BCUT2D eigenvalue weighted by Gasteiger charge is 2.40. The van der Waals surface area contributed by atoms with Gasteiger partial charge < -0.3 is 20.5 Å². The molecule has 0 aliphatic carbocycles. The minimum Gasteiger partial charge on any atom is -0.444 e. The van der Waals surface area contributed by atoms with Gasteiger partial charge in [-0.15, -0.1) is 0 Å². The van der Waals surface area contributed by atoms with E-state index >= 15 is 0 Å². The van der Waals surface area contributed by atoms with Gasteiger partial charge in [0.15, 0.2) is 0 Å². The van der Waals surface area contributed by atoms with Gasteiger partial charge in [-0.2, -0.15) is 0 Å². The van der Waals surface area contributed by atoms with E-state index in [1.807, 2.05) is 45.0 Å². The minimum absolute atomic E-state index is 0.254. The number of nitrogens with two attached hydrogens (primary N) is 1. The Bertz CT molecular complexity index is 507. The molecule has 1 aliphatic heterocycles. The molecule has 0 bridgehead atoms. The van der Waals surface area contributed by atoms with Crippen molar-refractivity contribution in [3.8, 4) is 0 Å². The van der Waals surface area contributed by atoms with Crippen molar-refractivity contribution in [2.45, 2.75) is 44.9 Å². The van der Waals surface area contributed by atoms with Crippen molar-refractivity contribution in [1.82, 2.24) is 4.90 Å². The van der Waals surface area contributed by atoms with Gasteiger partial charge in [-0.3, -0.25) is 0 Å². The molecule has 0 radical (unpaired) electrons. The van der Waals surface area contributed by atoms with Gasteiger partial charge in [0, 0.05) is 13.1 Å². The number of carbonyl (C=O) groups excluding carboxylic acids is 1. The number of hydrogen-bond donors (Lipinski definition) is 2. The number of nitrogens with zero attached hydrogens (tertiary/aromatic N) is 1. The van der Waals surface area contributed by atoms with Crippen LogP contribution in [0.2, 0.25) is 0 Å². The van der Waals surface area contributed by atoms with E-state index in [4.69, 9.17) is 10.5 Å². The summed E-state index contributed by atoms with van der Waals surface area (Å²) in [6.07, 6.45) is 0.130. The molecule has 3 N–H and O–H groups in total. The third-order valence-corrected chi connectivity index (χ3v) is 3.63. The highest BCUT2D eigenvalue weighted by molar-refractivity contribution is 5.68. The molecule has 1 aromatic rings. The largest absolute Gasteiger partial charge is 0.444 e. The normalized spacial score (nSPS) is 22.4. The fourth-order valence-electron chi connectivity index (χ4n) is 2.46. The first-order valence-electron chi connectivity index (χ1n) is 7.23. The number of hydrogen-bond acceptors (Lipinski definition) is 4. The standard InChI is InChI=1S/C16H24N2O3/c1-15(2,3)21-14(19)18-9-8-16(20,11-18)13-6-4-12(10-17)5-7-13/h4-7,20H,8-11,17H2,1-3H3. The molecule has 0 aromatic heterocycles. The summed E-state index contributed by atoms with van der Waals surface area (Å²) in [7, 11) is 0. The van der Waals surface area contributed by atoms with Gasteiger partial charge in [-0.25, -0.2) is 4.79 Å². The zero-order valence-electron chi connectivity index (χ0n) is 12.9. The van der Waals surface area contributed by atoms with Crippen LogP contribution < -0.4 is 5.73 Å². The van der Waals surface area contributed by atoms with Crippen LogP contribution in [0, 0.1) is 0 Å². The first-order chi connectivity index (χ1) is 9.73. The lowest BCUT2D eigenvalue weighted by Gasteiger charge is -2.26. The van der Waals surface area contributed by atoms with E-state index in [0.717, 1.165) is 11.1 Å². The van der Waals surface area contributed by atoms with Crippen LogP contribution in [0.4, 0.5) is 4.79 Å². The maximum Gasteiger partial charge on any atom is 0.410 e. The van der Waals surface area contributed by atoms with Gasteiger partial charge in [0.2, 0.25) is 0 Å². The first kappa shape index (κ1) is 15.8. The van der Waals surface area contributed by atoms with Gasteiger partial charge in [0.25, 0.3) is 0 Å². The molecule has 5 heteroatoms. The van der Waals surface area contributed by atoms with E-state index in [9.17, 15) is 9.90 Å². The van der Waals surface area contributed by atoms with Crippen LogP contribution >= 0.6 is 0 Å². The summed E-state index contributed by atoms with van der Waals surface area (Å²) in [5, 5.41) is 10.8. The summed E-state index contributed by atoms with van der Waals surface area (Å²) in [4.78, 5) is 13.6. The van der Waals surface area contributed by atoms with Gasteiger partial charge in [-0.05, 0) is 38.3 Å². The van der Waals surface area contributed by atoms with Crippen molar-refractivity contribution >= 4 is 6.09 Å². The number of ether oxygens (including phenoxy) is 1. The molecule has 21 heavy (non-hydrogen) atoms. The van der Waals surface area contributed by atoms with Crippen LogP contribution in [0.15, 0.2) is 24.3 Å². The fourth-order valence-corrected chi connectivity index (χ4v) is 2.46. The van der Waals surface area contributed by atoms with Gasteiger partial charge >= 0.3 is 6.09 Å². The van der Waals surface area contributed by atoms with Crippen molar-refractivity contribution in [3.63, 3.8) is 0 Å². The Balaban J connectivity index is 2.07. The maximum absolute atomic E-state index is 12.1. The number of likely N-dealkylation sites (tertiary alicyclic amines) is 1. The van der Waals surface area contributed by atoms with Gasteiger partial charge in [0.05, 0.1) is 6.54 Å². The Labute approximate surface area is 125 Å². The molecule has 1 heterocycles. The number of β-amino-alcohol motifs (C(OH)–C–C–N with tert-alkyl or cyclic N) is 1. The third kappa shape index (κ3) is 3.74. The SMILES string of the molecule is CC(C)(C)OC(=O)N1CCC(O)(c2ccc(CN)cc2)C1. The molecule has 1 fully saturated rings. The Kier molecular flexibility index (Phi) is 4.25. The van der Waals surface area contributed by atoms with Crippen molar-refractivity contribution in [2.24, 2.45) is 5.73 Å². The second-order valence-corrected chi connectivity index (χ2v) is 6.58. The Morgan fingerprint density at radius 3 is 2.52 bits per heavy atom. The Hall–Kier alpha value is -1.59. The summed E-state index contributed by atoms with van der Waals surface area (Å²) in [6, 6.07) is 7.56. The molecule has 116 valence electrons. The second-order valence-electron chi connectivity index (χ2n) is 6.58. The molecule has 1 aliphatic rings. The summed E-state index contributed by atoms with van der Waals surface area (Å²) < 4.78 is 5.35. The lowest BCUT2D eigenvalue weighted by Crippen LogP contribution is -2.38. The Morgan fingerprint density at radius 1 is 1.38 bits per heavy atom. The molecular weight excluding hydrogens is 268 g/mol. The van der Waals surface area contributed by atoms with Crippen LogP contribution in [0.1, 0.15) is 38.3 Å². The predicted octanol–water partition coefficient (Wildman–Crippen LogP) is 1.97. The van der Waals surface area contributed by atoms with Crippen LogP contribution in [-0.2, 0) is 16.9 Å². The molecule has 1 atom stereocenters. The monoisotopic (exact) mass is 292 g/mol. The minimum atomic E-state index is -1.01. The van der Waals surface area contributed by atoms with Crippen LogP contribution in [0.3, 0.4) is 0 Å². The number of aliphatic hydroxyl groups is 1. The molecule has 0 spiro atoms. The highest BCUT2D eigenvalue weighted by atomic mass is 16.6. The Morgan fingerprint density at radius 2 is 2.00 bits per heavy atom. The van der Waals surface area contributed by atoms with Crippen molar-refractivity contribution in [2.75, 3.05) is 13.1 Å². The molecule has 2 rings (SSSR count). The summed E-state index contributed by atoms with van der Waals surface area (Å²) >= 11 is 0. The van der Waals surface area contributed by atoms with Crippen LogP contribution in [-0.4, -0.2) is 34.8 Å². The third-order valence-electron chi connectivity index (χ3n) is 3.63. The molecule has 1 unspecified atom stereocenters. The summed E-state index contributed by atoms with van der Waals surface area (Å²) in [5.41, 5.74) is 5.87. The average molecular weight is 292 g/mol. The molecular formula is C16H24N2O3. The summed E-state index contributed by atoms with van der Waals surface area (Å²) in [5.74, 6) is 0. The van der Waals surface area contributed by atoms with E-state index in [1.165, 1.54) is 0 Å². The van der Waals surface area contributed by atoms with E-state index in [-0.39, 0.29) is 12.6 Å². The number of carbonyl (C=O) groups is 1. The molecule has 1 aromatic carbocycles. The zero-order valence-corrected chi connectivity index (χ0v) is 12.9. The van der Waals surface area contributed by atoms with E-state index in [2.05, 4.69) is 0 Å². The lowest BCUT2D eigenvalue weighted by molar-refractivity contribution is 0.0140. The van der Waals surface area contributed by atoms with E-state index in [0.29, 0.717) is 19.5 Å². The van der Waals surface area contributed by atoms with Crippen molar-refractivity contribution < 1.29 is 14.6 Å². The lowest BCUT2D eigenvalue weighted by atomic mass is 9.92. The highest BCUT2D eigenvalue weighted by Crippen LogP contribution is 2.32. The molecule has 5 nitrogen and oxygen atoms in total. The zero-order chi connectivity index (χ0) is 15.7. The van der Waals surface area contributed by atoms with Crippen molar-refractivity contribution in [3.05, 3.63) is 35.4 Å². The molecule has 0 saturated carbocycles. The number of rotatable bonds is 2. The number of benzene rings is 1. The van der Waals surface area contributed by atoms with E-state index in [1.54, 1.807) is 4.90 Å². The van der Waals surface area contributed by atoms with Crippen LogP contribution in [0.25, 0.3) is 0 Å². The quantitative estimate of drug-likeness (QED) is 0.874. The number of amides is 1. The first-order valence-corrected chi connectivity index (χ1v) is 7.23. The average Bonchev–Trinajstić information content (AvgIpc) is 2.81. The van der Waals surface area contributed by atoms with Gasteiger partial charge in [-0.1, -0.05) is 24.3 Å². The van der Waals surface area contributed by atoms with Crippen LogP contribution in [0.5, 0.6) is 0 Å². The molecule has 1 saturated heterocycles. The molecule has 1 amide bonds.